The molecule has 0 fully saturated rings. The van der Waals surface area contributed by atoms with E-state index in [0.29, 0.717) is 5.92 Å². The highest BCUT2D eigenvalue weighted by molar-refractivity contribution is 5.84. The number of pyridine rings is 1. The lowest BCUT2D eigenvalue weighted by Gasteiger charge is -2.10. The maximum atomic E-state index is 4.32. The van der Waals surface area contributed by atoms with E-state index >= 15 is 0 Å². The molecular weight excluding hydrogens is 256 g/mol. The van der Waals surface area contributed by atoms with Crippen LogP contribution in [0.25, 0.3) is 10.8 Å². The van der Waals surface area contributed by atoms with Crippen LogP contribution in [0.2, 0.25) is 0 Å². The molecule has 2 aromatic carbocycles. The molecule has 0 amide bonds. The molecule has 21 heavy (non-hydrogen) atoms. The van der Waals surface area contributed by atoms with E-state index in [1.165, 1.54) is 21.9 Å². The lowest BCUT2D eigenvalue weighted by Crippen LogP contribution is -2.01. The predicted molar refractivity (Wildman–Crippen MR) is 89.6 cm³/mol. The van der Waals surface area contributed by atoms with Gasteiger partial charge < -0.3 is 5.32 Å². The van der Waals surface area contributed by atoms with Crippen molar-refractivity contribution >= 4 is 16.5 Å². The molecule has 0 aliphatic heterocycles. The Hall–Kier alpha value is -2.35. The summed E-state index contributed by atoms with van der Waals surface area (Å²) in [6, 6.07) is 17.0. The molecule has 0 spiro atoms. The normalized spacial score (nSPS) is 11.0. The Kier molecular flexibility index (Phi) is 3.87. The van der Waals surface area contributed by atoms with Gasteiger partial charge in [-0.25, -0.2) is 0 Å². The zero-order valence-electron chi connectivity index (χ0n) is 12.5. The Morgan fingerprint density at radius 1 is 0.952 bits per heavy atom. The van der Waals surface area contributed by atoms with Crippen molar-refractivity contribution in [3.63, 3.8) is 0 Å². The Morgan fingerprint density at radius 3 is 2.48 bits per heavy atom. The van der Waals surface area contributed by atoms with Gasteiger partial charge in [0.2, 0.25) is 0 Å². The molecule has 0 radical (unpaired) electrons. The Bertz CT molecular complexity index is 725. The highest BCUT2D eigenvalue weighted by Crippen LogP contribution is 2.20. The van der Waals surface area contributed by atoms with Crippen LogP contribution in [-0.2, 0) is 6.54 Å². The van der Waals surface area contributed by atoms with E-state index in [9.17, 15) is 0 Å². The minimum absolute atomic E-state index is 0.571. The van der Waals surface area contributed by atoms with Crippen LogP contribution in [0.4, 0.5) is 5.69 Å². The fourth-order valence-corrected chi connectivity index (χ4v) is 2.50. The van der Waals surface area contributed by atoms with Crippen LogP contribution >= 0.6 is 0 Å². The van der Waals surface area contributed by atoms with Crippen LogP contribution in [0.1, 0.15) is 30.9 Å². The Balaban J connectivity index is 1.77. The van der Waals surface area contributed by atoms with Gasteiger partial charge in [-0.05, 0) is 34.6 Å². The van der Waals surface area contributed by atoms with E-state index in [2.05, 4.69) is 66.6 Å². The average molecular weight is 276 g/mol. The van der Waals surface area contributed by atoms with E-state index in [-0.39, 0.29) is 0 Å². The summed E-state index contributed by atoms with van der Waals surface area (Å²) >= 11 is 0. The van der Waals surface area contributed by atoms with E-state index in [1.54, 1.807) is 0 Å². The van der Waals surface area contributed by atoms with Gasteiger partial charge in [0.1, 0.15) is 0 Å². The largest absolute Gasteiger partial charge is 0.381 e. The third-order valence-corrected chi connectivity index (χ3v) is 3.81. The molecule has 0 atom stereocenters. The first-order valence-corrected chi connectivity index (χ1v) is 7.39. The maximum absolute atomic E-state index is 4.32. The minimum atomic E-state index is 0.571. The molecule has 106 valence electrons. The summed E-state index contributed by atoms with van der Waals surface area (Å²) < 4.78 is 0. The van der Waals surface area contributed by atoms with Gasteiger partial charge in [-0.1, -0.05) is 50.2 Å². The van der Waals surface area contributed by atoms with Gasteiger partial charge in [0.05, 0.1) is 0 Å². The van der Waals surface area contributed by atoms with Gasteiger partial charge >= 0.3 is 0 Å². The van der Waals surface area contributed by atoms with Gasteiger partial charge in [-0.15, -0.1) is 0 Å². The van der Waals surface area contributed by atoms with Gasteiger partial charge in [-0.3, -0.25) is 4.98 Å². The first kappa shape index (κ1) is 13.6. The van der Waals surface area contributed by atoms with E-state index in [0.717, 1.165) is 12.2 Å². The summed E-state index contributed by atoms with van der Waals surface area (Å²) in [5, 5.41) is 5.93. The van der Waals surface area contributed by atoms with Crippen molar-refractivity contribution in [3.8, 4) is 0 Å². The molecule has 1 heterocycles. The monoisotopic (exact) mass is 276 g/mol. The molecule has 0 saturated heterocycles. The number of benzene rings is 2. The highest BCUT2D eigenvalue weighted by Gasteiger charge is 2.02. The fourth-order valence-electron chi connectivity index (χ4n) is 2.50. The molecule has 1 aromatic heterocycles. The zero-order valence-corrected chi connectivity index (χ0v) is 12.5. The second kappa shape index (κ2) is 5.96. The molecule has 0 aliphatic rings. The zero-order chi connectivity index (χ0) is 14.7. The fraction of sp³-hybridized carbons (Fsp3) is 0.211. The number of hydrogen-bond acceptors (Lipinski definition) is 2. The summed E-state index contributed by atoms with van der Waals surface area (Å²) in [4.78, 5) is 4.32. The second-order valence-electron chi connectivity index (χ2n) is 5.65. The standard InChI is InChI=1S/C19H20N2/c1-14(2)15-7-9-18(10-8-15)21-13-17-12-20-11-16-5-3-4-6-19(16)17/h3-12,14,21H,13H2,1-2H3. The summed E-state index contributed by atoms with van der Waals surface area (Å²) in [6.45, 7) is 5.21. The third kappa shape index (κ3) is 3.05. The molecular formula is C19H20N2. The smallest absolute Gasteiger partial charge is 0.0422 e. The molecule has 2 heteroatoms. The second-order valence-corrected chi connectivity index (χ2v) is 5.65. The lowest BCUT2D eigenvalue weighted by atomic mass is 10.0. The van der Waals surface area contributed by atoms with Crippen molar-refractivity contribution < 1.29 is 0 Å². The first-order chi connectivity index (χ1) is 10.2. The van der Waals surface area contributed by atoms with Gasteiger partial charge in [0.25, 0.3) is 0 Å². The van der Waals surface area contributed by atoms with Crippen LogP contribution in [0.3, 0.4) is 0 Å². The molecule has 0 saturated carbocycles. The summed E-state index contributed by atoms with van der Waals surface area (Å²) in [7, 11) is 0. The molecule has 2 nitrogen and oxygen atoms in total. The molecule has 3 aromatic rings. The van der Waals surface area contributed by atoms with E-state index in [4.69, 9.17) is 0 Å². The molecule has 0 bridgehead atoms. The number of hydrogen-bond donors (Lipinski definition) is 1. The van der Waals surface area contributed by atoms with Crippen LogP contribution in [0.15, 0.2) is 60.9 Å². The van der Waals surface area contributed by atoms with Crippen LogP contribution in [0, 0.1) is 0 Å². The van der Waals surface area contributed by atoms with Crippen LogP contribution in [0.5, 0.6) is 0 Å². The number of fused-ring (bicyclic) bond motifs is 1. The maximum Gasteiger partial charge on any atom is 0.0422 e. The van der Waals surface area contributed by atoms with Crippen LogP contribution < -0.4 is 5.32 Å². The first-order valence-electron chi connectivity index (χ1n) is 7.39. The van der Waals surface area contributed by atoms with Crippen molar-refractivity contribution in [1.29, 1.82) is 0 Å². The van der Waals surface area contributed by atoms with Gasteiger partial charge in [-0.2, -0.15) is 0 Å². The van der Waals surface area contributed by atoms with Crippen molar-refractivity contribution in [1.82, 2.24) is 4.98 Å². The number of aromatic nitrogens is 1. The number of anilines is 1. The van der Waals surface area contributed by atoms with Crippen molar-refractivity contribution in [3.05, 3.63) is 72.1 Å². The number of nitrogens with one attached hydrogen (secondary N) is 1. The van der Waals surface area contributed by atoms with E-state index in [1.807, 2.05) is 18.5 Å². The predicted octanol–water partition coefficient (Wildman–Crippen LogP) is 4.97. The summed E-state index contributed by atoms with van der Waals surface area (Å²) in [5.41, 5.74) is 3.74. The van der Waals surface area contributed by atoms with Gasteiger partial charge in [0, 0.05) is 30.0 Å². The van der Waals surface area contributed by atoms with Crippen LogP contribution in [-0.4, -0.2) is 4.98 Å². The lowest BCUT2D eigenvalue weighted by molar-refractivity contribution is 0.867. The quantitative estimate of drug-likeness (QED) is 0.727. The van der Waals surface area contributed by atoms with Crippen molar-refractivity contribution in [2.75, 3.05) is 5.32 Å². The Labute approximate surface area is 125 Å². The molecule has 1 N–H and O–H groups in total. The summed E-state index contributed by atoms with van der Waals surface area (Å²) in [5.74, 6) is 0.571. The van der Waals surface area contributed by atoms with Gasteiger partial charge in [0.15, 0.2) is 0 Å². The molecule has 0 unspecified atom stereocenters. The molecule has 0 aliphatic carbocycles. The summed E-state index contributed by atoms with van der Waals surface area (Å²) in [6.07, 6.45) is 3.86. The molecule has 3 rings (SSSR count). The SMILES string of the molecule is CC(C)c1ccc(NCc2cncc3ccccc23)cc1. The van der Waals surface area contributed by atoms with E-state index < -0.39 is 0 Å². The topological polar surface area (TPSA) is 24.9 Å². The highest BCUT2D eigenvalue weighted by atomic mass is 14.9. The third-order valence-electron chi connectivity index (χ3n) is 3.81. The Morgan fingerprint density at radius 2 is 1.71 bits per heavy atom. The number of rotatable bonds is 4. The van der Waals surface area contributed by atoms with Crippen molar-refractivity contribution in [2.24, 2.45) is 0 Å². The average Bonchev–Trinajstić information content (AvgIpc) is 2.53. The minimum Gasteiger partial charge on any atom is -0.381 e. The van der Waals surface area contributed by atoms with Crippen molar-refractivity contribution in [2.45, 2.75) is 26.3 Å². The number of nitrogens with zero attached hydrogens (tertiary/aromatic N) is 1.